The normalized spacial score (nSPS) is 11.1. The van der Waals surface area contributed by atoms with Crippen molar-refractivity contribution in [2.24, 2.45) is 0 Å². The van der Waals surface area contributed by atoms with Gasteiger partial charge in [-0.05, 0) is 37.3 Å². The molecule has 0 spiro atoms. The van der Waals surface area contributed by atoms with Gasteiger partial charge < -0.3 is 9.47 Å². The Morgan fingerprint density at radius 3 is 2.41 bits per heavy atom. The van der Waals surface area contributed by atoms with E-state index in [9.17, 15) is 8.42 Å². The van der Waals surface area contributed by atoms with Gasteiger partial charge in [0.2, 0.25) is 0 Å². The summed E-state index contributed by atoms with van der Waals surface area (Å²) in [4.78, 5) is 0.0354. The summed E-state index contributed by atoms with van der Waals surface area (Å²) in [6, 6.07) is 9.50. The first-order chi connectivity index (χ1) is 10.4. The van der Waals surface area contributed by atoms with Gasteiger partial charge in [-0.1, -0.05) is 17.7 Å². The van der Waals surface area contributed by atoms with Gasteiger partial charge in [0, 0.05) is 10.6 Å². The predicted octanol–water partition coefficient (Wildman–Crippen LogP) is 3.47. The highest BCUT2D eigenvalue weighted by molar-refractivity contribution is 7.92. The maximum Gasteiger partial charge on any atom is 0.265 e. The minimum Gasteiger partial charge on any atom is -0.496 e. The average molecular weight is 342 g/mol. The monoisotopic (exact) mass is 341 g/mol. The highest BCUT2D eigenvalue weighted by Gasteiger charge is 2.23. The van der Waals surface area contributed by atoms with Crippen LogP contribution in [0.4, 0.5) is 5.69 Å². The molecule has 2 aromatic carbocycles. The molecule has 118 valence electrons. The van der Waals surface area contributed by atoms with Crippen LogP contribution in [0.5, 0.6) is 11.5 Å². The topological polar surface area (TPSA) is 64.6 Å². The van der Waals surface area contributed by atoms with Crippen LogP contribution in [0.25, 0.3) is 0 Å². The molecule has 0 fully saturated rings. The van der Waals surface area contributed by atoms with Crippen molar-refractivity contribution in [1.29, 1.82) is 0 Å². The highest BCUT2D eigenvalue weighted by Crippen LogP contribution is 2.35. The first-order valence-electron chi connectivity index (χ1n) is 6.39. The molecular formula is C15H16ClNO4S. The Bertz CT molecular complexity index is 790. The van der Waals surface area contributed by atoms with Gasteiger partial charge in [-0.25, -0.2) is 8.42 Å². The minimum atomic E-state index is -3.81. The van der Waals surface area contributed by atoms with E-state index in [0.717, 1.165) is 0 Å². The fourth-order valence-corrected chi connectivity index (χ4v) is 3.56. The zero-order valence-corrected chi connectivity index (χ0v) is 14.0. The number of ether oxygens (including phenoxy) is 2. The summed E-state index contributed by atoms with van der Waals surface area (Å²) in [7, 11) is -0.879. The van der Waals surface area contributed by atoms with Gasteiger partial charge in [0.1, 0.15) is 16.4 Å². The number of sulfonamides is 1. The molecule has 0 bridgehead atoms. The van der Waals surface area contributed by atoms with Crippen LogP contribution in [0.15, 0.2) is 41.3 Å². The molecule has 0 aliphatic rings. The first-order valence-corrected chi connectivity index (χ1v) is 8.25. The fraction of sp³-hybridized carbons (Fsp3) is 0.200. The van der Waals surface area contributed by atoms with Gasteiger partial charge in [0.05, 0.1) is 19.9 Å². The molecule has 0 aromatic heterocycles. The number of anilines is 1. The third-order valence-electron chi connectivity index (χ3n) is 3.11. The Morgan fingerprint density at radius 2 is 1.82 bits per heavy atom. The van der Waals surface area contributed by atoms with Crippen molar-refractivity contribution < 1.29 is 17.9 Å². The van der Waals surface area contributed by atoms with Crippen molar-refractivity contribution in [2.75, 3.05) is 18.9 Å². The summed E-state index contributed by atoms with van der Waals surface area (Å²) in [5, 5.41) is 0.443. The number of rotatable bonds is 5. The largest absolute Gasteiger partial charge is 0.496 e. The van der Waals surface area contributed by atoms with E-state index >= 15 is 0 Å². The van der Waals surface area contributed by atoms with Crippen molar-refractivity contribution >= 4 is 27.3 Å². The second-order valence-corrected chi connectivity index (χ2v) is 6.63. The van der Waals surface area contributed by atoms with E-state index < -0.39 is 10.0 Å². The Kier molecular flexibility index (Phi) is 4.83. The molecule has 0 heterocycles. The highest BCUT2D eigenvalue weighted by atomic mass is 35.5. The number of hydrogen-bond donors (Lipinski definition) is 1. The van der Waals surface area contributed by atoms with Crippen molar-refractivity contribution in [2.45, 2.75) is 11.8 Å². The zero-order valence-electron chi connectivity index (χ0n) is 12.4. The Morgan fingerprint density at radius 1 is 1.09 bits per heavy atom. The van der Waals surface area contributed by atoms with E-state index in [1.807, 2.05) is 0 Å². The van der Waals surface area contributed by atoms with Gasteiger partial charge in [-0.2, -0.15) is 0 Å². The number of hydrogen-bond acceptors (Lipinski definition) is 4. The molecule has 1 N–H and O–H groups in total. The van der Waals surface area contributed by atoms with Gasteiger partial charge in [-0.3, -0.25) is 4.72 Å². The predicted molar refractivity (Wildman–Crippen MR) is 86.5 cm³/mol. The Labute approximate surface area is 134 Å². The van der Waals surface area contributed by atoms with E-state index in [0.29, 0.717) is 22.0 Å². The lowest BCUT2D eigenvalue weighted by Gasteiger charge is -2.15. The minimum absolute atomic E-state index is 0.0354. The molecule has 0 aliphatic heterocycles. The number of halogens is 1. The van der Waals surface area contributed by atoms with E-state index in [1.54, 1.807) is 31.2 Å². The third kappa shape index (κ3) is 3.28. The van der Waals surface area contributed by atoms with Crippen LogP contribution in [-0.2, 0) is 10.0 Å². The van der Waals surface area contributed by atoms with Crippen LogP contribution >= 0.6 is 11.6 Å². The number of benzene rings is 2. The molecule has 0 unspecified atom stereocenters. The molecule has 22 heavy (non-hydrogen) atoms. The summed E-state index contributed by atoms with van der Waals surface area (Å²) in [5.74, 6) is 0.799. The van der Waals surface area contributed by atoms with E-state index in [4.69, 9.17) is 21.1 Å². The van der Waals surface area contributed by atoms with Crippen molar-refractivity contribution in [3.8, 4) is 11.5 Å². The van der Waals surface area contributed by atoms with E-state index in [2.05, 4.69) is 4.72 Å². The zero-order chi connectivity index (χ0) is 16.3. The van der Waals surface area contributed by atoms with Crippen LogP contribution < -0.4 is 14.2 Å². The van der Waals surface area contributed by atoms with Crippen molar-refractivity contribution in [3.63, 3.8) is 0 Å². The number of methoxy groups -OCH3 is 2. The van der Waals surface area contributed by atoms with Crippen molar-refractivity contribution in [1.82, 2.24) is 0 Å². The van der Waals surface area contributed by atoms with Gasteiger partial charge in [-0.15, -0.1) is 0 Å². The standard InChI is InChI=1S/C15H16ClNO4S/c1-10-13(20-2)7-8-14(15(10)21-3)22(18,19)17-12-6-4-5-11(16)9-12/h4-9,17H,1-3H3. The Hall–Kier alpha value is -1.92. The molecule has 2 aromatic rings. The van der Waals surface area contributed by atoms with Crippen LogP contribution in [-0.4, -0.2) is 22.6 Å². The molecule has 5 nitrogen and oxygen atoms in total. The summed E-state index contributed by atoms with van der Waals surface area (Å²) in [6.45, 7) is 1.73. The molecule has 0 saturated heterocycles. The third-order valence-corrected chi connectivity index (χ3v) is 4.75. The summed E-state index contributed by atoms with van der Waals surface area (Å²) >= 11 is 5.87. The lowest BCUT2D eigenvalue weighted by atomic mass is 10.2. The molecule has 0 aliphatic carbocycles. The molecule has 0 radical (unpaired) electrons. The molecule has 7 heteroatoms. The SMILES string of the molecule is COc1ccc(S(=O)(=O)Nc2cccc(Cl)c2)c(OC)c1C. The van der Waals surface area contributed by atoms with Crippen LogP contribution in [0.3, 0.4) is 0 Å². The Balaban J connectivity index is 2.48. The quantitative estimate of drug-likeness (QED) is 0.904. The fourth-order valence-electron chi connectivity index (χ4n) is 2.10. The van der Waals surface area contributed by atoms with Gasteiger partial charge in [0.15, 0.2) is 0 Å². The summed E-state index contributed by atoms with van der Waals surface area (Å²) < 4.78 is 38.0. The van der Waals surface area contributed by atoms with Crippen LogP contribution in [0, 0.1) is 6.92 Å². The average Bonchev–Trinajstić information content (AvgIpc) is 2.46. The van der Waals surface area contributed by atoms with E-state index in [1.165, 1.54) is 26.4 Å². The maximum absolute atomic E-state index is 12.6. The summed E-state index contributed by atoms with van der Waals surface area (Å²) in [5.41, 5.74) is 0.988. The van der Waals surface area contributed by atoms with Gasteiger partial charge in [0.25, 0.3) is 10.0 Å². The molecule has 0 saturated carbocycles. The lowest BCUT2D eigenvalue weighted by Crippen LogP contribution is -2.14. The molecular weight excluding hydrogens is 326 g/mol. The maximum atomic E-state index is 12.6. The molecule has 2 rings (SSSR count). The smallest absolute Gasteiger partial charge is 0.265 e. The lowest BCUT2D eigenvalue weighted by molar-refractivity contribution is 0.380. The van der Waals surface area contributed by atoms with Gasteiger partial charge >= 0.3 is 0 Å². The van der Waals surface area contributed by atoms with Crippen molar-refractivity contribution in [3.05, 3.63) is 47.0 Å². The van der Waals surface area contributed by atoms with Crippen LogP contribution in [0.2, 0.25) is 5.02 Å². The number of nitrogens with one attached hydrogen (secondary N) is 1. The molecule has 0 amide bonds. The summed E-state index contributed by atoms with van der Waals surface area (Å²) in [6.07, 6.45) is 0. The molecule has 0 atom stereocenters. The second kappa shape index (κ2) is 6.46. The van der Waals surface area contributed by atoms with Crippen LogP contribution in [0.1, 0.15) is 5.56 Å². The first kappa shape index (κ1) is 16.5. The second-order valence-electron chi connectivity index (χ2n) is 4.54. The van der Waals surface area contributed by atoms with E-state index in [-0.39, 0.29) is 10.6 Å².